The zero-order chi connectivity index (χ0) is 27.7. The van der Waals surface area contributed by atoms with Gasteiger partial charge in [0, 0.05) is 6.42 Å². The summed E-state index contributed by atoms with van der Waals surface area (Å²) in [7, 11) is 0. The lowest BCUT2D eigenvalue weighted by Gasteiger charge is -2.06. The molecule has 0 unspecified atom stereocenters. The Balaban J connectivity index is 0.00000192. The van der Waals surface area contributed by atoms with Crippen LogP contribution in [0.1, 0.15) is 130 Å². The number of aliphatic hydroxyl groups is 3. The zero-order valence-electron chi connectivity index (χ0n) is 22.5. The van der Waals surface area contributed by atoms with Crippen LogP contribution in [0.4, 0.5) is 0 Å². The minimum Gasteiger partial charge on any atom is -0.478 e. The average Bonchev–Trinajstić information content (AvgIpc) is 2.90. The summed E-state index contributed by atoms with van der Waals surface area (Å²) in [5.41, 5.74) is -0.257. The smallest absolute Gasteiger partial charge is 0.346 e. The number of hydrogen-bond donors (Lipinski definition) is 4. The molecule has 0 atom stereocenters. The largest absolute Gasteiger partial charge is 0.478 e. The maximum absolute atomic E-state index is 12.0. The predicted molar refractivity (Wildman–Crippen MR) is 144 cm³/mol. The molecule has 1 aromatic carbocycles. The fourth-order valence-electron chi connectivity index (χ4n) is 3.76. The molecule has 212 valence electrons. The number of ether oxygens (including phenoxy) is 1. The summed E-state index contributed by atoms with van der Waals surface area (Å²) in [6.07, 6.45) is 17.9. The molecular formula is C29H48O8. The molecule has 0 aliphatic rings. The van der Waals surface area contributed by atoms with E-state index in [9.17, 15) is 14.4 Å². The van der Waals surface area contributed by atoms with Crippen LogP contribution in [0.5, 0.6) is 0 Å². The van der Waals surface area contributed by atoms with Gasteiger partial charge in [-0.3, -0.25) is 4.79 Å². The van der Waals surface area contributed by atoms with Crippen LogP contribution in [-0.4, -0.2) is 57.7 Å². The van der Waals surface area contributed by atoms with Gasteiger partial charge in [-0.25, -0.2) is 9.59 Å². The number of rotatable bonds is 20. The fourth-order valence-corrected chi connectivity index (χ4v) is 3.76. The fraction of sp³-hybridized carbons (Fsp3) is 0.690. The summed E-state index contributed by atoms with van der Waals surface area (Å²) >= 11 is 0. The van der Waals surface area contributed by atoms with E-state index in [4.69, 9.17) is 25.2 Å². The van der Waals surface area contributed by atoms with E-state index in [1.54, 1.807) is 6.07 Å². The van der Waals surface area contributed by atoms with E-state index in [0.29, 0.717) is 6.42 Å². The highest BCUT2D eigenvalue weighted by Crippen LogP contribution is 2.15. The van der Waals surface area contributed by atoms with Gasteiger partial charge in [0.2, 0.25) is 0 Å². The summed E-state index contributed by atoms with van der Waals surface area (Å²) in [5.74, 6) is -2.72. The first-order valence-corrected chi connectivity index (χ1v) is 13.8. The molecule has 0 aliphatic carbocycles. The van der Waals surface area contributed by atoms with E-state index in [-0.39, 0.29) is 30.8 Å². The van der Waals surface area contributed by atoms with Crippen LogP contribution in [0.2, 0.25) is 0 Å². The van der Waals surface area contributed by atoms with Crippen molar-refractivity contribution < 1.29 is 39.5 Å². The van der Waals surface area contributed by atoms with Crippen LogP contribution >= 0.6 is 0 Å². The summed E-state index contributed by atoms with van der Waals surface area (Å²) in [6, 6.07) is 5.74. The van der Waals surface area contributed by atoms with Crippen molar-refractivity contribution >= 4 is 17.9 Å². The number of benzene rings is 1. The molecule has 0 fully saturated rings. The molecule has 8 nitrogen and oxygen atoms in total. The van der Waals surface area contributed by atoms with Crippen LogP contribution in [0.15, 0.2) is 24.3 Å². The molecule has 1 rings (SSSR count). The van der Waals surface area contributed by atoms with Crippen molar-refractivity contribution in [2.24, 2.45) is 0 Å². The first kappa shape index (κ1) is 34.7. The minimum absolute atomic E-state index is 0.0974. The number of aliphatic hydroxyl groups excluding tert-OH is 3. The molecule has 0 spiro atoms. The van der Waals surface area contributed by atoms with Gasteiger partial charge in [0.1, 0.15) is 6.10 Å². The highest BCUT2D eigenvalue weighted by atomic mass is 16.6. The minimum atomic E-state index is -1.22. The lowest BCUT2D eigenvalue weighted by molar-refractivity contribution is -0.138. The van der Waals surface area contributed by atoms with Gasteiger partial charge in [-0.1, -0.05) is 109 Å². The van der Waals surface area contributed by atoms with Crippen molar-refractivity contribution in [3.63, 3.8) is 0 Å². The third-order valence-corrected chi connectivity index (χ3v) is 5.99. The summed E-state index contributed by atoms with van der Waals surface area (Å²) in [5, 5.41) is 33.1. The lowest BCUT2D eigenvalue weighted by atomic mass is 10.0. The summed E-state index contributed by atoms with van der Waals surface area (Å²) in [6.45, 7) is 1.52. The van der Waals surface area contributed by atoms with Gasteiger partial charge < -0.3 is 25.2 Å². The van der Waals surface area contributed by atoms with Gasteiger partial charge >= 0.3 is 17.9 Å². The van der Waals surface area contributed by atoms with Crippen LogP contribution in [0, 0.1) is 0 Å². The van der Waals surface area contributed by atoms with Crippen molar-refractivity contribution in [3.05, 3.63) is 35.4 Å². The van der Waals surface area contributed by atoms with E-state index in [2.05, 4.69) is 6.92 Å². The maximum atomic E-state index is 12.0. The van der Waals surface area contributed by atoms with Crippen molar-refractivity contribution in [2.45, 2.75) is 116 Å². The van der Waals surface area contributed by atoms with E-state index < -0.39 is 24.0 Å². The molecule has 0 amide bonds. The predicted octanol–water partition coefficient (Wildman–Crippen LogP) is 5.66. The van der Waals surface area contributed by atoms with Gasteiger partial charge in [-0.15, -0.1) is 0 Å². The Morgan fingerprint density at radius 3 is 1.49 bits per heavy atom. The Morgan fingerprint density at radius 2 is 1.11 bits per heavy atom. The Bertz CT molecular complexity index is 730. The molecule has 0 radical (unpaired) electrons. The third kappa shape index (κ3) is 19.5. The number of carbonyl (C=O) groups excluding carboxylic acids is 2. The topological polar surface area (TPSA) is 141 Å². The van der Waals surface area contributed by atoms with Crippen molar-refractivity contribution in [1.82, 2.24) is 0 Å². The summed E-state index contributed by atoms with van der Waals surface area (Å²) in [4.78, 5) is 35.0. The molecule has 1 aromatic rings. The normalized spacial score (nSPS) is 10.6. The number of esters is 2. The molecule has 0 saturated carbocycles. The van der Waals surface area contributed by atoms with E-state index >= 15 is 0 Å². The average molecular weight is 525 g/mol. The first-order valence-electron chi connectivity index (χ1n) is 13.8. The number of aromatic carboxylic acids is 1. The Kier molecular flexibility index (Phi) is 22.6. The molecule has 0 aliphatic heterocycles. The number of carbonyl (C=O) groups is 3. The molecule has 0 bridgehead atoms. The quantitative estimate of drug-likeness (QED) is 0.0972. The second-order valence-electron chi connectivity index (χ2n) is 9.33. The van der Waals surface area contributed by atoms with Crippen LogP contribution in [0.3, 0.4) is 0 Å². The molecule has 0 aromatic heterocycles. The molecule has 0 heterocycles. The van der Waals surface area contributed by atoms with Crippen molar-refractivity contribution in [1.29, 1.82) is 0 Å². The Morgan fingerprint density at radius 1 is 0.703 bits per heavy atom. The van der Waals surface area contributed by atoms with Gasteiger partial charge in [0.15, 0.2) is 0 Å². The SMILES string of the molecule is CCCCCCCCCCCCCCCCCC(=O)OC(=O)c1ccccc1C(=O)O.OCC(O)CO. The molecule has 0 saturated heterocycles. The summed E-state index contributed by atoms with van der Waals surface area (Å²) < 4.78 is 4.81. The van der Waals surface area contributed by atoms with Crippen LogP contribution in [-0.2, 0) is 9.53 Å². The van der Waals surface area contributed by atoms with Gasteiger partial charge in [-0.05, 0) is 18.6 Å². The number of hydrogen-bond acceptors (Lipinski definition) is 7. The molecule has 4 N–H and O–H groups in total. The van der Waals surface area contributed by atoms with Crippen molar-refractivity contribution in [2.75, 3.05) is 13.2 Å². The first-order chi connectivity index (χ1) is 17.9. The van der Waals surface area contributed by atoms with Gasteiger partial charge in [0.05, 0.1) is 24.3 Å². The second kappa shape index (κ2) is 24.1. The highest BCUT2D eigenvalue weighted by molar-refractivity contribution is 6.05. The number of carboxylic acid groups (broad SMARTS) is 1. The highest BCUT2D eigenvalue weighted by Gasteiger charge is 2.19. The van der Waals surface area contributed by atoms with E-state index in [1.807, 2.05) is 0 Å². The van der Waals surface area contributed by atoms with Crippen LogP contribution < -0.4 is 0 Å². The zero-order valence-corrected chi connectivity index (χ0v) is 22.5. The second-order valence-corrected chi connectivity index (χ2v) is 9.33. The standard InChI is InChI=1S/C26H40O5.C3H8O3/c1-2-3-4-5-6-7-8-9-10-11-12-13-14-15-16-21-24(27)31-26(30)23-20-18-17-19-22(23)25(28)29;4-1-3(6)2-5/h17-20H,2-16,21H2,1H3,(H,28,29);3-6H,1-2H2. The monoisotopic (exact) mass is 524 g/mol. The van der Waals surface area contributed by atoms with Gasteiger partial charge in [0.25, 0.3) is 0 Å². The van der Waals surface area contributed by atoms with Crippen molar-refractivity contribution in [3.8, 4) is 0 Å². The van der Waals surface area contributed by atoms with Crippen LogP contribution in [0.25, 0.3) is 0 Å². The number of carboxylic acids is 1. The molecule has 37 heavy (non-hydrogen) atoms. The number of unbranched alkanes of at least 4 members (excludes halogenated alkanes) is 14. The third-order valence-electron chi connectivity index (χ3n) is 5.99. The lowest BCUT2D eigenvalue weighted by Crippen LogP contribution is -2.15. The van der Waals surface area contributed by atoms with E-state index in [0.717, 1.165) is 12.8 Å². The maximum Gasteiger partial charge on any atom is 0.346 e. The molecule has 8 heteroatoms. The Hall–Kier alpha value is -2.29. The molecular weight excluding hydrogens is 476 g/mol. The van der Waals surface area contributed by atoms with Gasteiger partial charge in [-0.2, -0.15) is 0 Å². The Labute approximate surface area is 222 Å². The van der Waals surface area contributed by atoms with E-state index in [1.165, 1.54) is 95.2 Å².